The number of ether oxygens (including phenoxy) is 1. The second-order valence-corrected chi connectivity index (χ2v) is 5.81. The molecule has 1 aromatic rings. The Balaban J connectivity index is 2.23. The first-order chi connectivity index (χ1) is 8.53. The maximum atomic E-state index is 13.2. The van der Waals surface area contributed by atoms with Gasteiger partial charge in [0.05, 0.1) is 18.1 Å². The summed E-state index contributed by atoms with van der Waals surface area (Å²) in [6, 6.07) is 3.09. The standard InChI is InChI=1S/C11H14FNO4S/c12-11-2-1-10(5-8(11)6-14)18(15,16)13-9-3-4-17-7-9/h1-2,5,9,13-14H,3-4,6-7H2. The molecule has 2 N–H and O–H groups in total. The predicted molar refractivity (Wildman–Crippen MR) is 61.9 cm³/mol. The van der Waals surface area contributed by atoms with Crippen molar-refractivity contribution in [3.05, 3.63) is 29.6 Å². The molecule has 0 spiro atoms. The molecule has 0 amide bonds. The molecule has 0 aromatic heterocycles. The molecule has 0 aliphatic carbocycles. The number of hydrogen-bond donors (Lipinski definition) is 2. The van der Waals surface area contributed by atoms with Crippen LogP contribution >= 0.6 is 0 Å². The highest BCUT2D eigenvalue weighted by molar-refractivity contribution is 7.89. The second-order valence-electron chi connectivity index (χ2n) is 4.09. The Labute approximate surface area is 105 Å². The largest absolute Gasteiger partial charge is 0.392 e. The fraction of sp³-hybridized carbons (Fsp3) is 0.455. The summed E-state index contributed by atoms with van der Waals surface area (Å²) < 4.78 is 44.7. The third-order valence-electron chi connectivity index (χ3n) is 2.75. The van der Waals surface area contributed by atoms with Crippen LogP contribution < -0.4 is 4.72 Å². The minimum Gasteiger partial charge on any atom is -0.392 e. The van der Waals surface area contributed by atoms with E-state index in [4.69, 9.17) is 9.84 Å². The third kappa shape index (κ3) is 2.86. The molecule has 100 valence electrons. The highest BCUT2D eigenvalue weighted by atomic mass is 32.2. The van der Waals surface area contributed by atoms with Crippen LogP contribution in [0, 0.1) is 5.82 Å². The van der Waals surface area contributed by atoms with Gasteiger partial charge in [-0.3, -0.25) is 0 Å². The Morgan fingerprint density at radius 2 is 2.28 bits per heavy atom. The topological polar surface area (TPSA) is 75.6 Å². The van der Waals surface area contributed by atoms with Crippen LogP contribution in [-0.4, -0.2) is 32.8 Å². The first-order valence-electron chi connectivity index (χ1n) is 5.52. The molecule has 2 rings (SSSR count). The summed E-state index contributed by atoms with van der Waals surface area (Å²) in [5.74, 6) is -0.624. The molecular weight excluding hydrogens is 261 g/mol. The minimum absolute atomic E-state index is 0.0412. The summed E-state index contributed by atoms with van der Waals surface area (Å²) in [6.45, 7) is 0.327. The van der Waals surface area contributed by atoms with Crippen molar-refractivity contribution in [2.75, 3.05) is 13.2 Å². The van der Waals surface area contributed by atoms with Gasteiger partial charge < -0.3 is 9.84 Å². The van der Waals surface area contributed by atoms with Crippen LogP contribution in [0.5, 0.6) is 0 Å². The smallest absolute Gasteiger partial charge is 0.240 e. The normalized spacial score (nSPS) is 20.2. The van der Waals surface area contributed by atoms with E-state index in [2.05, 4.69) is 4.72 Å². The monoisotopic (exact) mass is 275 g/mol. The summed E-state index contributed by atoms with van der Waals surface area (Å²) in [7, 11) is -3.70. The maximum absolute atomic E-state index is 13.2. The van der Waals surface area contributed by atoms with Crippen molar-refractivity contribution in [3.8, 4) is 0 Å². The van der Waals surface area contributed by atoms with Crippen LogP contribution in [0.1, 0.15) is 12.0 Å². The van der Waals surface area contributed by atoms with Crippen LogP contribution in [0.4, 0.5) is 4.39 Å². The average molecular weight is 275 g/mol. The van der Waals surface area contributed by atoms with Crippen LogP contribution in [0.3, 0.4) is 0 Å². The SMILES string of the molecule is O=S(=O)(NC1CCOC1)c1ccc(F)c(CO)c1. The van der Waals surface area contributed by atoms with E-state index >= 15 is 0 Å². The number of nitrogens with one attached hydrogen (secondary N) is 1. The molecule has 0 saturated carbocycles. The van der Waals surface area contributed by atoms with Gasteiger partial charge in [-0.15, -0.1) is 0 Å². The fourth-order valence-electron chi connectivity index (χ4n) is 1.75. The molecule has 1 heterocycles. The van der Waals surface area contributed by atoms with Gasteiger partial charge >= 0.3 is 0 Å². The lowest BCUT2D eigenvalue weighted by molar-refractivity contribution is 0.192. The summed E-state index contributed by atoms with van der Waals surface area (Å²) >= 11 is 0. The van der Waals surface area contributed by atoms with Crippen molar-refractivity contribution < 1.29 is 22.7 Å². The Morgan fingerprint density at radius 1 is 1.50 bits per heavy atom. The zero-order valence-electron chi connectivity index (χ0n) is 9.60. The van der Waals surface area contributed by atoms with Gasteiger partial charge in [-0.05, 0) is 24.6 Å². The summed E-state index contributed by atoms with van der Waals surface area (Å²) in [5, 5.41) is 8.92. The Kier molecular flexibility index (Phi) is 3.96. The average Bonchev–Trinajstić information content (AvgIpc) is 2.81. The zero-order chi connectivity index (χ0) is 13.2. The molecule has 1 aliphatic rings. The van der Waals surface area contributed by atoms with Crippen LogP contribution in [0.25, 0.3) is 0 Å². The van der Waals surface area contributed by atoms with Gasteiger partial charge in [0.15, 0.2) is 0 Å². The number of aliphatic hydroxyl groups is 1. The number of aliphatic hydroxyl groups excluding tert-OH is 1. The predicted octanol–water partition coefficient (Wildman–Crippen LogP) is 0.385. The van der Waals surface area contributed by atoms with Gasteiger partial charge in [0.2, 0.25) is 10.0 Å². The molecule has 5 nitrogen and oxygen atoms in total. The molecule has 1 unspecified atom stereocenters. The number of halogens is 1. The van der Waals surface area contributed by atoms with Gasteiger partial charge in [-0.2, -0.15) is 0 Å². The number of hydrogen-bond acceptors (Lipinski definition) is 4. The van der Waals surface area contributed by atoms with E-state index in [-0.39, 0.29) is 16.5 Å². The van der Waals surface area contributed by atoms with E-state index in [1.54, 1.807) is 0 Å². The highest BCUT2D eigenvalue weighted by Crippen LogP contribution is 2.16. The van der Waals surface area contributed by atoms with Crippen molar-refractivity contribution in [2.24, 2.45) is 0 Å². The Hall–Kier alpha value is -1.02. The second kappa shape index (κ2) is 5.31. The summed E-state index contributed by atoms with van der Waals surface area (Å²) in [5.41, 5.74) is -0.0412. The van der Waals surface area contributed by atoms with Crippen molar-refractivity contribution in [1.82, 2.24) is 4.72 Å². The molecule has 1 saturated heterocycles. The number of benzene rings is 1. The van der Waals surface area contributed by atoms with E-state index in [1.165, 1.54) is 6.07 Å². The fourth-order valence-corrected chi connectivity index (χ4v) is 3.06. The van der Waals surface area contributed by atoms with Crippen molar-refractivity contribution in [3.63, 3.8) is 0 Å². The summed E-state index contributed by atoms with van der Waals surface area (Å²) in [4.78, 5) is -0.0557. The molecule has 1 aliphatic heterocycles. The Morgan fingerprint density at radius 3 is 2.89 bits per heavy atom. The van der Waals surface area contributed by atoms with Gasteiger partial charge in [0, 0.05) is 18.2 Å². The molecule has 18 heavy (non-hydrogen) atoms. The molecule has 7 heteroatoms. The van der Waals surface area contributed by atoms with Crippen LogP contribution in [0.15, 0.2) is 23.1 Å². The molecule has 0 bridgehead atoms. The maximum Gasteiger partial charge on any atom is 0.240 e. The lowest BCUT2D eigenvalue weighted by atomic mass is 10.2. The van der Waals surface area contributed by atoms with E-state index < -0.39 is 22.4 Å². The van der Waals surface area contributed by atoms with Gasteiger partial charge in [-0.1, -0.05) is 0 Å². The number of rotatable bonds is 4. The first kappa shape index (κ1) is 13.4. The van der Waals surface area contributed by atoms with E-state index in [9.17, 15) is 12.8 Å². The Bertz CT molecular complexity index is 526. The van der Waals surface area contributed by atoms with Crippen molar-refractivity contribution in [1.29, 1.82) is 0 Å². The molecule has 1 fully saturated rings. The third-order valence-corrected chi connectivity index (χ3v) is 4.27. The van der Waals surface area contributed by atoms with Crippen molar-refractivity contribution in [2.45, 2.75) is 24.0 Å². The highest BCUT2D eigenvalue weighted by Gasteiger charge is 2.24. The lowest BCUT2D eigenvalue weighted by Crippen LogP contribution is -2.35. The van der Waals surface area contributed by atoms with Crippen LogP contribution in [-0.2, 0) is 21.4 Å². The van der Waals surface area contributed by atoms with E-state index in [1.807, 2.05) is 0 Å². The molecule has 0 radical (unpaired) electrons. The first-order valence-corrected chi connectivity index (χ1v) is 7.00. The van der Waals surface area contributed by atoms with Gasteiger partial charge in [0.1, 0.15) is 5.82 Å². The molecule has 1 aromatic carbocycles. The van der Waals surface area contributed by atoms with E-state index in [0.29, 0.717) is 19.6 Å². The van der Waals surface area contributed by atoms with Crippen LogP contribution in [0.2, 0.25) is 0 Å². The quantitative estimate of drug-likeness (QED) is 0.833. The molecule has 1 atom stereocenters. The van der Waals surface area contributed by atoms with Gasteiger partial charge in [-0.25, -0.2) is 17.5 Å². The zero-order valence-corrected chi connectivity index (χ0v) is 10.4. The number of sulfonamides is 1. The van der Waals surface area contributed by atoms with E-state index in [0.717, 1.165) is 12.1 Å². The molecular formula is C11H14FNO4S. The summed E-state index contributed by atoms with van der Waals surface area (Å²) in [6.07, 6.45) is 0.618. The minimum atomic E-state index is -3.70. The lowest BCUT2D eigenvalue weighted by Gasteiger charge is -2.12. The van der Waals surface area contributed by atoms with Crippen molar-refractivity contribution >= 4 is 10.0 Å². The van der Waals surface area contributed by atoms with Gasteiger partial charge in [0.25, 0.3) is 0 Å².